The Kier molecular flexibility index (Phi) is 8.82. The average molecular weight is 1010 g/mol. The molecule has 0 radical (unpaired) electrons. The van der Waals surface area contributed by atoms with E-state index >= 15 is 0 Å². The number of hydrogen-bond acceptors (Lipinski definition) is 1. The van der Waals surface area contributed by atoms with Crippen LogP contribution in [0.2, 0.25) is 13.1 Å². The van der Waals surface area contributed by atoms with Gasteiger partial charge < -0.3 is 9.88 Å². The zero-order valence-corrected chi connectivity index (χ0v) is 45.0. The first-order valence-corrected chi connectivity index (χ1v) is 30.6. The van der Waals surface area contributed by atoms with E-state index in [1.54, 1.807) is 10.4 Å². The molecule has 78 heavy (non-hydrogen) atoms. The van der Waals surface area contributed by atoms with Crippen LogP contribution in [-0.2, 0) is 5.41 Å². The number of para-hydroxylation sites is 1. The van der Waals surface area contributed by atoms with E-state index in [0.717, 1.165) is 11.4 Å². The van der Waals surface area contributed by atoms with Crippen LogP contribution >= 0.6 is 0 Å². The quantitative estimate of drug-likeness (QED) is 0.106. The van der Waals surface area contributed by atoms with Crippen molar-refractivity contribution >= 4 is 116 Å². The minimum atomic E-state index is -1.94. The SMILES string of the molecule is CC1(C)c2cc(-c3ccc4c(c3)c3ccccc3n4-c3cc4cc5c(c6ccc7cccc3c7c46)-c3ccccc3[Si]5(C)C)ccc2Nc2ccc(-c3c4ccccc4c(-c4cccc5ccccc45)c4ccccc34)cc21. The van der Waals surface area contributed by atoms with Gasteiger partial charge in [-0.05, 0) is 174 Å². The van der Waals surface area contributed by atoms with E-state index in [0.29, 0.717) is 0 Å². The normalized spacial score (nSPS) is 14.2. The fraction of sp³-hybridized carbons (Fsp3) is 0.0667. The van der Waals surface area contributed by atoms with E-state index in [1.807, 2.05) is 0 Å². The molecule has 2 nitrogen and oxygen atoms in total. The van der Waals surface area contributed by atoms with E-state index in [2.05, 4.69) is 273 Å². The number of nitrogens with zero attached hydrogens (tertiary/aromatic N) is 1. The summed E-state index contributed by atoms with van der Waals surface area (Å²) in [4.78, 5) is 0. The molecule has 2 aliphatic rings. The summed E-state index contributed by atoms with van der Waals surface area (Å²) < 4.78 is 2.55. The lowest BCUT2D eigenvalue weighted by Gasteiger charge is -2.36. The highest BCUT2D eigenvalue weighted by Gasteiger charge is 2.39. The van der Waals surface area contributed by atoms with E-state index in [9.17, 15) is 0 Å². The van der Waals surface area contributed by atoms with Crippen molar-refractivity contribution in [1.82, 2.24) is 4.57 Å². The van der Waals surface area contributed by atoms with Gasteiger partial charge in [-0.2, -0.15) is 0 Å². The summed E-state index contributed by atoms with van der Waals surface area (Å²) in [5, 5.41) is 25.1. The molecule has 17 rings (SSSR count). The smallest absolute Gasteiger partial charge is 0.113 e. The summed E-state index contributed by atoms with van der Waals surface area (Å²) in [5.41, 5.74) is 18.6. The number of hydrogen-bond donors (Lipinski definition) is 1. The summed E-state index contributed by atoms with van der Waals surface area (Å²) in [6.45, 7) is 9.88. The fourth-order valence-corrected chi connectivity index (χ4v) is 17.9. The van der Waals surface area contributed by atoms with Crippen LogP contribution in [0.3, 0.4) is 0 Å². The Morgan fingerprint density at radius 2 is 0.897 bits per heavy atom. The molecule has 1 aromatic heterocycles. The molecule has 0 saturated carbocycles. The number of rotatable bonds is 4. The first-order valence-electron chi connectivity index (χ1n) is 27.6. The van der Waals surface area contributed by atoms with Crippen molar-refractivity contribution in [3.8, 4) is 50.2 Å². The summed E-state index contributed by atoms with van der Waals surface area (Å²) in [7, 11) is -1.94. The van der Waals surface area contributed by atoms with Gasteiger partial charge in [0.25, 0.3) is 0 Å². The molecule has 0 unspecified atom stereocenters. The Balaban J connectivity index is 0.799. The van der Waals surface area contributed by atoms with Crippen molar-refractivity contribution in [2.75, 3.05) is 5.32 Å². The Morgan fingerprint density at radius 3 is 1.68 bits per heavy atom. The van der Waals surface area contributed by atoms with Crippen molar-refractivity contribution in [2.45, 2.75) is 32.4 Å². The van der Waals surface area contributed by atoms with Crippen molar-refractivity contribution in [1.29, 1.82) is 0 Å². The molecular weight excluding hydrogens is 957 g/mol. The van der Waals surface area contributed by atoms with Gasteiger partial charge in [0.15, 0.2) is 0 Å². The number of nitrogens with one attached hydrogen (secondary N) is 1. The average Bonchev–Trinajstić information content (AvgIpc) is 4.13. The number of benzene rings is 14. The minimum absolute atomic E-state index is 0.301. The second-order valence-electron chi connectivity index (χ2n) is 23.2. The second-order valence-corrected chi connectivity index (χ2v) is 27.5. The molecule has 0 saturated heterocycles. The van der Waals surface area contributed by atoms with Gasteiger partial charge in [0.05, 0.1) is 16.7 Å². The van der Waals surface area contributed by atoms with E-state index < -0.39 is 8.07 Å². The zero-order chi connectivity index (χ0) is 51.8. The van der Waals surface area contributed by atoms with Crippen LogP contribution < -0.4 is 15.7 Å². The Morgan fingerprint density at radius 1 is 0.346 bits per heavy atom. The van der Waals surface area contributed by atoms with Crippen LogP contribution in [0.4, 0.5) is 11.4 Å². The van der Waals surface area contributed by atoms with Crippen molar-refractivity contribution in [3.63, 3.8) is 0 Å². The maximum absolute atomic E-state index is 3.91. The third kappa shape index (κ3) is 5.86. The van der Waals surface area contributed by atoms with Gasteiger partial charge in [0.1, 0.15) is 8.07 Å². The van der Waals surface area contributed by atoms with Gasteiger partial charge in [-0.25, -0.2) is 0 Å². The third-order valence-corrected chi connectivity index (χ3v) is 22.0. The predicted octanol–water partition coefficient (Wildman–Crippen LogP) is 19.3. The molecule has 0 amide bonds. The largest absolute Gasteiger partial charge is 0.355 e. The number of aromatic nitrogens is 1. The van der Waals surface area contributed by atoms with Crippen LogP contribution in [0.25, 0.3) is 137 Å². The molecule has 3 heteroatoms. The molecule has 366 valence electrons. The van der Waals surface area contributed by atoms with Gasteiger partial charge in [-0.1, -0.05) is 215 Å². The van der Waals surface area contributed by atoms with Crippen molar-refractivity contribution in [3.05, 3.63) is 248 Å². The third-order valence-electron chi connectivity index (χ3n) is 18.5. The summed E-state index contributed by atoms with van der Waals surface area (Å²) in [6, 6.07) is 89.9. The van der Waals surface area contributed by atoms with Gasteiger partial charge >= 0.3 is 0 Å². The van der Waals surface area contributed by atoms with Crippen molar-refractivity contribution in [2.24, 2.45) is 0 Å². The van der Waals surface area contributed by atoms with Crippen LogP contribution in [0, 0.1) is 0 Å². The number of fused-ring (bicyclic) bond motifs is 12. The molecule has 0 aliphatic carbocycles. The molecular formula is C75H52N2Si. The van der Waals surface area contributed by atoms with Gasteiger partial charge in [-0.15, -0.1) is 0 Å². The maximum atomic E-state index is 3.91. The van der Waals surface area contributed by atoms with Gasteiger partial charge in [0, 0.05) is 32.9 Å². The first kappa shape index (κ1) is 43.9. The van der Waals surface area contributed by atoms with Gasteiger partial charge in [-0.3, -0.25) is 0 Å². The standard InChI is InChI=1S/C75H52N2Si/c1-75(2)61-40-47(32-36-63(61)76-64-37-33-48(41-62(64)75)70-53-22-7-9-24-55(53)73(56-25-10-8-23-54(56)70)52-27-15-18-44-17-5-6-20-50(44)52)46-34-38-66-60(39-46)51-21-11-13-29-65(51)77(66)67-42-49-43-69-74(58-26-12-14-30-68(58)78(69,3)4)59-35-31-45-19-16-28-57(67)71(45)72(49)59/h5-43,76H,1-4H3. The minimum Gasteiger partial charge on any atom is -0.355 e. The molecule has 0 spiro atoms. The van der Waals surface area contributed by atoms with Crippen LogP contribution in [0.1, 0.15) is 25.0 Å². The fourth-order valence-electron chi connectivity index (χ4n) is 14.8. The highest BCUT2D eigenvalue weighted by Crippen LogP contribution is 2.52. The Hall–Kier alpha value is -9.28. The molecule has 0 bridgehead atoms. The van der Waals surface area contributed by atoms with E-state index in [1.165, 1.54) is 148 Å². The lowest BCUT2D eigenvalue weighted by Crippen LogP contribution is -2.49. The molecule has 14 aromatic carbocycles. The topological polar surface area (TPSA) is 17.0 Å². The Labute approximate surface area is 453 Å². The van der Waals surface area contributed by atoms with E-state index in [-0.39, 0.29) is 5.41 Å². The first-order chi connectivity index (χ1) is 38.2. The molecule has 3 heterocycles. The maximum Gasteiger partial charge on any atom is 0.113 e. The monoisotopic (exact) mass is 1010 g/mol. The summed E-state index contributed by atoms with van der Waals surface area (Å²) >= 11 is 0. The highest BCUT2D eigenvalue weighted by atomic mass is 28.3. The van der Waals surface area contributed by atoms with Gasteiger partial charge in [0.2, 0.25) is 0 Å². The van der Waals surface area contributed by atoms with Crippen LogP contribution in [0.15, 0.2) is 237 Å². The molecule has 1 N–H and O–H groups in total. The zero-order valence-electron chi connectivity index (χ0n) is 44.0. The molecule has 2 aliphatic heterocycles. The van der Waals surface area contributed by atoms with E-state index in [4.69, 9.17) is 0 Å². The van der Waals surface area contributed by atoms with Crippen LogP contribution in [-0.4, -0.2) is 12.6 Å². The highest BCUT2D eigenvalue weighted by molar-refractivity contribution is 7.04. The molecule has 0 fully saturated rings. The lowest BCUT2D eigenvalue weighted by atomic mass is 9.72. The molecule has 15 aromatic rings. The second kappa shape index (κ2) is 15.7. The molecule has 0 atom stereocenters. The number of anilines is 2. The lowest BCUT2D eigenvalue weighted by molar-refractivity contribution is 0.638. The summed E-state index contributed by atoms with van der Waals surface area (Å²) in [5.74, 6) is 0. The predicted molar refractivity (Wildman–Crippen MR) is 337 cm³/mol. The summed E-state index contributed by atoms with van der Waals surface area (Å²) in [6.07, 6.45) is 0. The Bertz CT molecular complexity index is 5070. The van der Waals surface area contributed by atoms with Crippen molar-refractivity contribution < 1.29 is 0 Å². The van der Waals surface area contributed by atoms with Crippen LogP contribution in [0.5, 0.6) is 0 Å².